The van der Waals surface area contributed by atoms with Crippen LogP contribution in [-0.4, -0.2) is 96.6 Å². The summed E-state index contributed by atoms with van der Waals surface area (Å²) in [4.78, 5) is 31.5. The summed E-state index contributed by atoms with van der Waals surface area (Å²) in [7, 11) is 2.18. The van der Waals surface area contributed by atoms with E-state index in [-0.39, 0.29) is 18.2 Å². The molecular weight excluding hydrogens is 548 g/mol. The lowest BCUT2D eigenvalue weighted by atomic mass is 9.98. The number of carbonyl (C=O) groups is 2. The number of halogens is 1. The Bertz CT molecular complexity index is 1160. The molecule has 2 amide bonds. The number of aryl methyl sites for hydroxylation is 1. The van der Waals surface area contributed by atoms with Gasteiger partial charge in [-0.25, -0.2) is 10.0 Å². The molecule has 2 unspecified atom stereocenters. The first-order valence-electron chi connectivity index (χ1n) is 15.4. The normalized spacial score (nSPS) is 18.8. The number of benzene rings is 2. The topological polar surface area (TPSA) is 85.1 Å². The van der Waals surface area contributed by atoms with Gasteiger partial charge < -0.3 is 20.9 Å². The molecule has 2 aromatic rings. The van der Waals surface area contributed by atoms with E-state index >= 15 is 0 Å². The number of amides is 2. The number of rotatable bonds is 11. The fourth-order valence-corrected chi connectivity index (χ4v) is 6.28. The largest absolute Gasteiger partial charge is 0.344 e. The Morgan fingerprint density at radius 1 is 1.00 bits per heavy atom. The Kier molecular flexibility index (Phi) is 11.8. The molecular formula is C33H49ClN6O2. The third-order valence-corrected chi connectivity index (χ3v) is 8.82. The van der Waals surface area contributed by atoms with Crippen molar-refractivity contribution in [3.05, 3.63) is 70.2 Å². The number of nitrogens with one attached hydrogen (secondary N) is 1. The second kappa shape index (κ2) is 15.3. The van der Waals surface area contributed by atoms with Gasteiger partial charge in [-0.3, -0.25) is 9.59 Å². The molecule has 2 atom stereocenters. The summed E-state index contributed by atoms with van der Waals surface area (Å²) in [5, 5.41) is 8.80. The van der Waals surface area contributed by atoms with E-state index < -0.39 is 12.1 Å². The van der Waals surface area contributed by atoms with Gasteiger partial charge in [-0.05, 0) is 61.6 Å². The summed E-state index contributed by atoms with van der Waals surface area (Å²) in [5.74, 6) is 0.316. The lowest BCUT2D eigenvalue weighted by molar-refractivity contribution is -0.140. The molecule has 2 aromatic carbocycles. The summed E-state index contributed by atoms with van der Waals surface area (Å²) in [5.41, 5.74) is 9.38. The van der Waals surface area contributed by atoms with E-state index in [9.17, 15) is 9.59 Å². The van der Waals surface area contributed by atoms with Crippen LogP contribution in [0.2, 0.25) is 5.02 Å². The molecule has 2 heterocycles. The van der Waals surface area contributed by atoms with E-state index in [1.165, 1.54) is 0 Å². The molecule has 0 bridgehead atoms. The smallest absolute Gasteiger partial charge is 0.245 e. The van der Waals surface area contributed by atoms with Gasteiger partial charge in [-0.15, -0.1) is 0 Å². The molecule has 0 saturated carbocycles. The number of hydrogen-bond donors (Lipinski definition) is 2. The van der Waals surface area contributed by atoms with Crippen molar-refractivity contribution >= 4 is 23.4 Å². The Labute approximate surface area is 257 Å². The summed E-state index contributed by atoms with van der Waals surface area (Å²) in [6.07, 6.45) is 2.36. The van der Waals surface area contributed by atoms with Crippen LogP contribution in [0.25, 0.3) is 0 Å². The van der Waals surface area contributed by atoms with Gasteiger partial charge in [0.05, 0.1) is 0 Å². The van der Waals surface area contributed by atoms with Crippen LogP contribution in [0.5, 0.6) is 0 Å². The molecule has 2 fully saturated rings. The van der Waals surface area contributed by atoms with Crippen LogP contribution in [0.15, 0.2) is 48.5 Å². The van der Waals surface area contributed by atoms with Gasteiger partial charge >= 0.3 is 0 Å². The number of likely N-dealkylation sites (N-methyl/N-ethyl adjacent to an activating group) is 1. The SMILES string of the molecule is Cc1ccccc1C(N)CC(=O)NC(Cc1ccc(Cl)cc1)C(=O)N1CCC(N(CC(C)C)N2CCN(C)CC2)CC1. The van der Waals surface area contributed by atoms with Crippen LogP contribution in [0.1, 0.15) is 55.8 Å². The molecule has 0 spiro atoms. The van der Waals surface area contributed by atoms with E-state index in [0.717, 1.165) is 62.3 Å². The molecule has 2 aliphatic heterocycles. The van der Waals surface area contributed by atoms with Crippen molar-refractivity contribution in [1.29, 1.82) is 0 Å². The second-order valence-electron chi connectivity index (χ2n) is 12.4. The molecule has 0 aromatic heterocycles. The summed E-state index contributed by atoms with van der Waals surface area (Å²) >= 11 is 6.11. The van der Waals surface area contributed by atoms with Gasteiger partial charge in [0.1, 0.15) is 6.04 Å². The molecule has 4 rings (SSSR count). The number of hydrazine groups is 1. The third-order valence-electron chi connectivity index (χ3n) is 8.57. The van der Waals surface area contributed by atoms with Gasteiger partial charge in [-0.1, -0.05) is 61.8 Å². The van der Waals surface area contributed by atoms with Crippen molar-refractivity contribution in [2.75, 3.05) is 52.9 Å². The summed E-state index contributed by atoms with van der Waals surface area (Å²) < 4.78 is 0. The number of likely N-dealkylation sites (tertiary alicyclic amines) is 1. The lowest BCUT2D eigenvalue weighted by Gasteiger charge is -2.47. The highest BCUT2D eigenvalue weighted by Crippen LogP contribution is 2.23. The highest BCUT2D eigenvalue weighted by molar-refractivity contribution is 6.30. The quantitative estimate of drug-likeness (QED) is 0.410. The van der Waals surface area contributed by atoms with Crippen LogP contribution < -0.4 is 11.1 Å². The van der Waals surface area contributed by atoms with Crippen LogP contribution >= 0.6 is 11.6 Å². The molecule has 2 aliphatic rings. The molecule has 3 N–H and O–H groups in total. The minimum atomic E-state index is -0.663. The predicted octanol–water partition coefficient (Wildman–Crippen LogP) is 3.88. The van der Waals surface area contributed by atoms with E-state index in [1.54, 1.807) is 0 Å². The van der Waals surface area contributed by atoms with Crippen molar-refractivity contribution in [1.82, 2.24) is 25.1 Å². The molecule has 0 aliphatic carbocycles. The third kappa shape index (κ3) is 9.01. The Morgan fingerprint density at radius 2 is 1.64 bits per heavy atom. The zero-order valence-electron chi connectivity index (χ0n) is 25.8. The average Bonchev–Trinajstić information content (AvgIpc) is 2.97. The Balaban J connectivity index is 1.42. The highest BCUT2D eigenvalue weighted by Gasteiger charge is 2.34. The van der Waals surface area contributed by atoms with Crippen LogP contribution in [0, 0.1) is 12.8 Å². The van der Waals surface area contributed by atoms with Crippen LogP contribution in [0.4, 0.5) is 0 Å². The van der Waals surface area contributed by atoms with Crippen molar-refractivity contribution < 1.29 is 9.59 Å². The molecule has 230 valence electrons. The standard InChI is InChI=1S/C33H49ClN6O2/c1-24(2)23-40(39-19-17-37(4)18-20-39)28-13-15-38(16-14-28)33(42)31(21-26-9-11-27(34)12-10-26)36-32(41)22-30(35)29-8-6-5-7-25(29)3/h5-12,24,28,30-31H,13-23,35H2,1-4H3,(H,36,41). The summed E-state index contributed by atoms with van der Waals surface area (Å²) in [6.45, 7) is 13.2. The van der Waals surface area contributed by atoms with Crippen molar-refractivity contribution in [2.45, 2.75) is 64.6 Å². The molecule has 9 heteroatoms. The number of piperidine rings is 1. The van der Waals surface area contributed by atoms with Gasteiger partial charge in [-0.2, -0.15) is 0 Å². The monoisotopic (exact) mass is 596 g/mol. The first-order valence-corrected chi connectivity index (χ1v) is 15.8. The average molecular weight is 597 g/mol. The van der Waals surface area contributed by atoms with Crippen LogP contribution in [0.3, 0.4) is 0 Å². The number of nitrogens with zero attached hydrogens (tertiary/aromatic N) is 4. The molecule has 0 radical (unpaired) electrons. The maximum Gasteiger partial charge on any atom is 0.245 e. The number of carbonyl (C=O) groups excluding carboxylic acids is 2. The number of piperazine rings is 1. The van der Waals surface area contributed by atoms with E-state index in [0.29, 0.717) is 36.5 Å². The van der Waals surface area contributed by atoms with Crippen molar-refractivity contribution in [3.8, 4) is 0 Å². The van der Waals surface area contributed by atoms with Gasteiger partial charge in [0.25, 0.3) is 0 Å². The summed E-state index contributed by atoms with van der Waals surface area (Å²) in [6, 6.07) is 14.6. The Morgan fingerprint density at radius 3 is 2.26 bits per heavy atom. The fraction of sp³-hybridized carbons (Fsp3) is 0.576. The zero-order chi connectivity index (χ0) is 30.2. The van der Waals surface area contributed by atoms with Gasteiger partial charge in [0.15, 0.2) is 0 Å². The zero-order valence-corrected chi connectivity index (χ0v) is 26.5. The van der Waals surface area contributed by atoms with Crippen LogP contribution in [-0.2, 0) is 16.0 Å². The lowest BCUT2D eigenvalue weighted by Crippen LogP contribution is -2.60. The van der Waals surface area contributed by atoms with Crippen molar-refractivity contribution in [2.24, 2.45) is 11.7 Å². The van der Waals surface area contributed by atoms with Crippen molar-refractivity contribution in [3.63, 3.8) is 0 Å². The number of hydrogen-bond acceptors (Lipinski definition) is 6. The first kappa shape index (κ1) is 32.4. The number of nitrogens with two attached hydrogens (primary N) is 1. The minimum absolute atomic E-state index is 0.0313. The van der Waals surface area contributed by atoms with E-state index in [2.05, 4.69) is 41.1 Å². The minimum Gasteiger partial charge on any atom is -0.344 e. The second-order valence-corrected chi connectivity index (χ2v) is 12.9. The maximum atomic E-state index is 13.9. The molecule has 42 heavy (non-hydrogen) atoms. The van der Waals surface area contributed by atoms with E-state index in [1.807, 2.05) is 60.4 Å². The van der Waals surface area contributed by atoms with Gasteiger partial charge in [0.2, 0.25) is 11.8 Å². The highest BCUT2D eigenvalue weighted by atomic mass is 35.5. The Hall–Kier alpha value is -2.49. The molecule has 2 saturated heterocycles. The molecule has 8 nitrogen and oxygen atoms in total. The maximum absolute atomic E-state index is 13.9. The fourth-order valence-electron chi connectivity index (χ4n) is 6.15. The predicted molar refractivity (Wildman–Crippen MR) is 170 cm³/mol. The van der Waals surface area contributed by atoms with Gasteiger partial charge in [0, 0.05) is 75.8 Å². The van der Waals surface area contributed by atoms with E-state index in [4.69, 9.17) is 17.3 Å². The first-order chi connectivity index (χ1) is 20.1.